The summed E-state index contributed by atoms with van der Waals surface area (Å²) >= 11 is 0. The molecule has 2 bridgehead atoms. The zero-order valence-electron chi connectivity index (χ0n) is 9.66. The van der Waals surface area contributed by atoms with Gasteiger partial charge in [-0.25, -0.2) is 4.79 Å². The molecule has 1 atom stereocenters. The first kappa shape index (κ1) is 10.7. The van der Waals surface area contributed by atoms with Gasteiger partial charge in [-0.1, -0.05) is 18.4 Å². The number of fused-ring (bicyclic) bond motifs is 3. The van der Waals surface area contributed by atoms with E-state index < -0.39 is 0 Å². The third-order valence-corrected chi connectivity index (χ3v) is 4.18. The molecule has 2 heteroatoms. The second-order valence-corrected chi connectivity index (χ2v) is 5.03. The van der Waals surface area contributed by atoms with Crippen LogP contribution in [-0.4, -0.2) is 13.1 Å². The van der Waals surface area contributed by atoms with Crippen molar-refractivity contribution in [2.24, 2.45) is 17.8 Å². The van der Waals surface area contributed by atoms with Crippen LogP contribution in [0.15, 0.2) is 11.6 Å². The molecule has 0 heterocycles. The van der Waals surface area contributed by atoms with Crippen molar-refractivity contribution >= 4 is 5.97 Å². The van der Waals surface area contributed by atoms with E-state index in [4.69, 9.17) is 0 Å². The lowest BCUT2D eigenvalue weighted by Gasteiger charge is -2.43. The van der Waals surface area contributed by atoms with Crippen LogP contribution in [-0.2, 0) is 9.53 Å². The molecule has 3 fully saturated rings. The van der Waals surface area contributed by atoms with Crippen LogP contribution in [0, 0.1) is 17.8 Å². The predicted octanol–water partition coefficient (Wildman–Crippen LogP) is 2.93. The molecule has 3 aliphatic rings. The third kappa shape index (κ3) is 2.24. The summed E-state index contributed by atoms with van der Waals surface area (Å²) in [6.45, 7) is 2.09. The number of methoxy groups -OCH3 is 1. The van der Waals surface area contributed by atoms with E-state index in [-0.39, 0.29) is 5.97 Å². The summed E-state index contributed by atoms with van der Waals surface area (Å²) in [5.41, 5.74) is 1.23. The third-order valence-electron chi connectivity index (χ3n) is 4.18. The van der Waals surface area contributed by atoms with Gasteiger partial charge < -0.3 is 4.74 Å². The van der Waals surface area contributed by atoms with Crippen molar-refractivity contribution in [2.75, 3.05) is 7.11 Å². The Morgan fingerprint density at radius 3 is 2.40 bits per heavy atom. The lowest BCUT2D eigenvalue weighted by atomic mass is 9.63. The normalized spacial score (nSPS) is 35.3. The average molecular weight is 208 g/mol. The van der Waals surface area contributed by atoms with E-state index >= 15 is 0 Å². The topological polar surface area (TPSA) is 26.3 Å². The highest BCUT2D eigenvalue weighted by Gasteiger charge is 2.36. The molecule has 84 valence electrons. The van der Waals surface area contributed by atoms with Gasteiger partial charge in [-0.2, -0.15) is 0 Å². The van der Waals surface area contributed by atoms with E-state index in [1.54, 1.807) is 6.08 Å². The van der Waals surface area contributed by atoms with E-state index in [0.29, 0.717) is 5.92 Å². The van der Waals surface area contributed by atoms with Gasteiger partial charge in [0.15, 0.2) is 0 Å². The SMILES string of the molecule is COC(=O)/C=C(/C)C1CC2CCC1CC2. The van der Waals surface area contributed by atoms with Gasteiger partial charge >= 0.3 is 5.97 Å². The van der Waals surface area contributed by atoms with Crippen LogP contribution in [0.1, 0.15) is 39.0 Å². The predicted molar refractivity (Wildman–Crippen MR) is 59.3 cm³/mol. The van der Waals surface area contributed by atoms with Crippen LogP contribution in [0.5, 0.6) is 0 Å². The molecule has 3 saturated carbocycles. The zero-order chi connectivity index (χ0) is 10.8. The van der Waals surface area contributed by atoms with Gasteiger partial charge in [0.1, 0.15) is 0 Å². The minimum atomic E-state index is -0.200. The maximum absolute atomic E-state index is 11.2. The Morgan fingerprint density at radius 2 is 1.93 bits per heavy atom. The fourth-order valence-corrected chi connectivity index (χ4v) is 3.29. The molecule has 0 aromatic carbocycles. The van der Waals surface area contributed by atoms with Crippen molar-refractivity contribution in [1.29, 1.82) is 0 Å². The first-order chi connectivity index (χ1) is 7.20. The van der Waals surface area contributed by atoms with Crippen LogP contribution in [0.4, 0.5) is 0 Å². The second-order valence-electron chi connectivity index (χ2n) is 5.03. The Bertz CT molecular complexity index is 272. The lowest BCUT2D eigenvalue weighted by molar-refractivity contribution is -0.134. The summed E-state index contributed by atoms with van der Waals surface area (Å²) in [5, 5.41) is 0. The number of esters is 1. The number of hydrogen-bond donors (Lipinski definition) is 0. The minimum absolute atomic E-state index is 0.200. The number of ether oxygens (including phenoxy) is 1. The molecule has 15 heavy (non-hydrogen) atoms. The molecular formula is C13H20O2. The van der Waals surface area contributed by atoms with Gasteiger partial charge in [0.2, 0.25) is 0 Å². The monoisotopic (exact) mass is 208 g/mol. The van der Waals surface area contributed by atoms with Gasteiger partial charge in [-0.05, 0) is 43.9 Å². The van der Waals surface area contributed by atoms with Crippen LogP contribution in [0.3, 0.4) is 0 Å². The molecule has 0 saturated heterocycles. The van der Waals surface area contributed by atoms with Crippen molar-refractivity contribution in [1.82, 2.24) is 0 Å². The largest absolute Gasteiger partial charge is 0.466 e. The molecule has 0 aliphatic heterocycles. The smallest absolute Gasteiger partial charge is 0.330 e. The molecule has 0 N–H and O–H groups in total. The molecule has 0 spiro atoms. The zero-order valence-corrected chi connectivity index (χ0v) is 9.66. The maximum Gasteiger partial charge on any atom is 0.330 e. The maximum atomic E-state index is 11.2. The van der Waals surface area contributed by atoms with Gasteiger partial charge in [0.05, 0.1) is 7.11 Å². The summed E-state index contributed by atoms with van der Waals surface area (Å²) in [6, 6.07) is 0. The van der Waals surface area contributed by atoms with Crippen molar-refractivity contribution in [3.63, 3.8) is 0 Å². The quantitative estimate of drug-likeness (QED) is 0.515. The number of rotatable bonds is 2. The Hall–Kier alpha value is -0.790. The van der Waals surface area contributed by atoms with E-state index in [1.807, 2.05) is 0 Å². The standard InChI is InChI=1S/C13H20O2/c1-9(7-13(14)15-2)12-8-10-3-5-11(12)6-4-10/h7,10-12H,3-6,8H2,1-2H3/b9-7-. The summed E-state index contributed by atoms with van der Waals surface area (Å²) < 4.78 is 4.68. The van der Waals surface area contributed by atoms with E-state index in [9.17, 15) is 4.79 Å². The molecule has 3 aliphatic carbocycles. The average Bonchev–Trinajstić information content (AvgIpc) is 2.30. The van der Waals surface area contributed by atoms with Crippen LogP contribution < -0.4 is 0 Å². The fraction of sp³-hybridized carbons (Fsp3) is 0.769. The Morgan fingerprint density at radius 1 is 1.27 bits per heavy atom. The molecule has 3 rings (SSSR count). The Kier molecular flexibility index (Phi) is 3.13. The van der Waals surface area contributed by atoms with Gasteiger partial charge in [0.25, 0.3) is 0 Å². The molecular weight excluding hydrogens is 188 g/mol. The van der Waals surface area contributed by atoms with Crippen molar-refractivity contribution in [2.45, 2.75) is 39.0 Å². The highest BCUT2D eigenvalue weighted by Crippen LogP contribution is 2.47. The summed E-state index contributed by atoms with van der Waals surface area (Å²) in [5.74, 6) is 2.20. The van der Waals surface area contributed by atoms with Crippen molar-refractivity contribution < 1.29 is 9.53 Å². The Labute approximate surface area is 91.7 Å². The van der Waals surface area contributed by atoms with E-state index in [2.05, 4.69) is 11.7 Å². The molecule has 0 aromatic heterocycles. The molecule has 0 amide bonds. The number of carbonyl (C=O) groups is 1. The van der Waals surface area contributed by atoms with E-state index in [1.165, 1.54) is 44.8 Å². The first-order valence-electron chi connectivity index (χ1n) is 5.97. The minimum Gasteiger partial charge on any atom is -0.466 e. The second kappa shape index (κ2) is 4.38. The van der Waals surface area contributed by atoms with Crippen LogP contribution >= 0.6 is 0 Å². The molecule has 1 unspecified atom stereocenters. The highest BCUT2D eigenvalue weighted by atomic mass is 16.5. The number of hydrogen-bond acceptors (Lipinski definition) is 2. The Balaban J connectivity index is 2.04. The van der Waals surface area contributed by atoms with Crippen molar-refractivity contribution in [3.8, 4) is 0 Å². The lowest BCUT2D eigenvalue weighted by Crippen LogP contribution is -2.32. The first-order valence-corrected chi connectivity index (χ1v) is 5.97. The summed E-state index contributed by atoms with van der Waals surface area (Å²) in [6.07, 6.45) is 8.53. The number of allylic oxidation sites excluding steroid dienone is 1. The highest BCUT2D eigenvalue weighted by molar-refractivity contribution is 5.82. The van der Waals surface area contributed by atoms with Gasteiger partial charge in [-0.3, -0.25) is 0 Å². The van der Waals surface area contributed by atoms with Crippen molar-refractivity contribution in [3.05, 3.63) is 11.6 Å². The van der Waals surface area contributed by atoms with Gasteiger partial charge in [-0.15, -0.1) is 0 Å². The van der Waals surface area contributed by atoms with Gasteiger partial charge in [0, 0.05) is 6.08 Å². The molecule has 0 radical (unpaired) electrons. The van der Waals surface area contributed by atoms with E-state index in [0.717, 1.165) is 11.8 Å². The van der Waals surface area contributed by atoms with Crippen LogP contribution in [0.25, 0.3) is 0 Å². The molecule has 0 aromatic rings. The van der Waals surface area contributed by atoms with Crippen LogP contribution in [0.2, 0.25) is 0 Å². The molecule has 2 nitrogen and oxygen atoms in total. The number of carbonyl (C=O) groups excluding carboxylic acids is 1. The fourth-order valence-electron chi connectivity index (χ4n) is 3.29. The summed E-state index contributed by atoms with van der Waals surface area (Å²) in [4.78, 5) is 11.2. The summed E-state index contributed by atoms with van der Waals surface area (Å²) in [7, 11) is 1.44.